The van der Waals surface area contributed by atoms with Crippen molar-refractivity contribution in [1.82, 2.24) is 9.97 Å². The number of benzene rings is 2. The minimum atomic E-state index is -0.399. The van der Waals surface area contributed by atoms with Crippen molar-refractivity contribution in [1.29, 1.82) is 5.26 Å². The second-order valence-electron chi connectivity index (χ2n) is 5.02. The van der Waals surface area contributed by atoms with Crippen LogP contribution in [0, 0.1) is 11.3 Å². The summed E-state index contributed by atoms with van der Waals surface area (Å²) >= 11 is 6.04. The molecule has 0 aliphatic carbocycles. The van der Waals surface area contributed by atoms with Gasteiger partial charge in [0.2, 0.25) is 5.95 Å². The highest BCUT2D eigenvalue weighted by molar-refractivity contribution is 6.33. The summed E-state index contributed by atoms with van der Waals surface area (Å²) in [6.45, 7) is 0. The summed E-state index contributed by atoms with van der Waals surface area (Å²) in [6.07, 6.45) is 1.48. The first-order valence-electron chi connectivity index (χ1n) is 7.32. The molecule has 1 amide bonds. The van der Waals surface area contributed by atoms with Crippen molar-refractivity contribution in [3.05, 3.63) is 77.1 Å². The Morgan fingerprint density at radius 3 is 2.76 bits per heavy atom. The molecule has 25 heavy (non-hydrogen) atoms. The number of halogens is 1. The molecule has 0 saturated heterocycles. The van der Waals surface area contributed by atoms with Gasteiger partial charge >= 0.3 is 0 Å². The maximum absolute atomic E-state index is 12.3. The number of rotatable bonds is 4. The molecule has 2 aromatic carbocycles. The number of nitriles is 1. The number of carbonyl (C=O) groups excluding carboxylic acids is 1. The lowest BCUT2D eigenvalue weighted by Gasteiger charge is -2.08. The lowest BCUT2D eigenvalue weighted by molar-refractivity contribution is 0.102. The molecular formula is C18H12ClN5O. The van der Waals surface area contributed by atoms with Crippen LogP contribution < -0.4 is 10.6 Å². The lowest BCUT2D eigenvalue weighted by Crippen LogP contribution is -2.15. The summed E-state index contributed by atoms with van der Waals surface area (Å²) in [5.74, 6) is -0.147. The van der Waals surface area contributed by atoms with E-state index in [4.69, 9.17) is 16.9 Å². The molecule has 0 atom stereocenters. The van der Waals surface area contributed by atoms with E-state index in [2.05, 4.69) is 26.7 Å². The van der Waals surface area contributed by atoms with Gasteiger partial charge < -0.3 is 10.6 Å². The smallest absolute Gasteiger partial charge is 0.274 e. The molecule has 122 valence electrons. The zero-order chi connectivity index (χ0) is 17.6. The third-order valence-corrected chi connectivity index (χ3v) is 3.59. The molecule has 0 aliphatic heterocycles. The molecule has 2 N–H and O–H groups in total. The molecule has 3 aromatic rings. The third kappa shape index (κ3) is 4.10. The standard InChI is InChI=1S/C18H12ClN5O/c19-14-6-1-2-7-15(14)23-17(25)16-8-9-21-18(24-16)22-13-5-3-4-12(10-13)11-20/h1-10H,(H,23,25)(H,21,22,24). The molecule has 7 heteroatoms. The van der Waals surface area contributed by atoms with E-state index in [0.29, 0.717) is 22.0 Å². The summed E-state index contributed by atoms with van der Waals surface area (Å²) < 4.78 is 0. The molecule has 0 bridgehead atoms. The van der Waals surface area contributed by atoms with Crippen LogP contribution in [0.4, 0.5) is 17.3 Å². The third-order valence-electron chi connectivity index (χ3n) is 3.26. The van der Waals surface area contributed by atoms with Gasteiger partial charge in [-0.05, 0) is 36.4 Å². The minimum Gasteiger partial charge on any atom is -0.324 e. The van der Waals surface area contributed by atoms with Crippen LogP contribution in [0.2, 0.25) is 5.02 Å². The molecular weight excluding hydrogens is 338 g/mol. The lowest BCUT2D eigenvalue weighted by atomic mass is 10.2. The van der Waals surface area contributed by atoms with Crippen molar-refractivity contribution < 1.29 is 4.79 Å². The van der Waals surface area contributed by atoms with Crippen LogP contribution in [0.3, 0.4) is 0 Å². The summed E-state index contributed by atoms with van der Waals surface area (Å²) in [6, 6.07) is 17.4. The topological polar surface area (TPSA) is 90.7 Å². The van der Waals surface area contributed by atoms with Crippen molar-refractivity contribution in [2.75, 3.05) is 10.6 Å². The second kappa shape index (κ2) is 7.43. The molecule has 0 saturated carbocycles. The number of hydrogen-bond donors (Lipinski definition) is 2. The summed E-state index contributed by atoms with van der Waals surface area (Å²) in [5.41, 5.74) is 1.86. The fourth-order valence-electron chi connectivity index (χ4n) is 2.09. The fraction of sp³-hybridized carbons (Fsp3) is 0. The maximum Gasteiger partial charge on any atom is 0.274 e. The Hall–Kier alpha value is -3.43. The first-order chi connectivity index (χ1) is 12.2. The quantitative estimate of drug-likeness (QED) is 0.743. The molecule has 1 aromatic heterocycles. The zero-order valence-electron chi connectivity index (χ0n) is 12.9. The van der Waals surface area contributed by atoms with Gasteiger partial charge in [0.05, 0.1) is 22.3 Å². The first kappa shape index (κ1) is 16.4. The van der Waals surface area contributed by atoms with Gasteiger partial charge in [0, 0.05) is 11.9 Å². The Kier molecular flexibility index (Phi) is 4.88. The van der Waals surface area contributed by atoms with Gasteiger partial charge in [0.15, 0.2) is 0 Å². The Balaban J connectivity index is 1.78. The Bertz CT molecular complexity index is 967. The maximum atomic E-state index is 12.3. The number of nitrogens with zero attached hydrogens (tertiary/aromatic N) is 3. The van der Waals surface area contributed by atoms with Crippen LogP contribution in [0.15, 0.2) is 60.8 Å². The molecule has 3 rings (SSSR count). The van der Waals surface area contributed by atoms with Gasteiger partial charge in [-0.15, -0.1) is 0 Å². The van der Waals surface area contributed by atoms with Gasteiger partial charge in [-0.3, -0.25) is 4.79 Å². The van der Waals surface area contributed by atoms with E-state index in [1.807, 2.05) is 0 Å². The number of nitrogens with one attached hydrogen (secondary N) is 2. The van der Waals surface area contributed by atoms with Crippen LogP contribution in [-0.2, 0) is 0 Å². The van der Waals surface area contributed by atoms with E-state index in [0.717, 1.165) is 0 Å². The van der Waals surface area contributed by atoms with Crippen molar-refractivity contribution in [2.24, 2.45) is 0 Å². The van der Waals surface area contributed by atoms with Crippen molar-refractivity contribution >= 4 is 34.8 Å². The number of amides is 1. The Morgan fingerprint density at radius 2 is 1.96 bits per heavy atom. The number of para-hydroxylation sites is 1. The normalized spacial score (nSPS) is 9.92. The Morgan fingerprint density at radius 1 is 1.12 bits per heavy atom. The van der Waals surface area contributed by atoms with Crippen LogP contribution in [0.25, 0.3) is 0 Å². The van der Waals surface area contributed by atoms with Gasteiger partial charge in [-0.25, -0.2) is 9.97 Å². The fourth-order valence-corrected chi connectivity index (χ4v) is 2.27. The first-order valence-corrected chi connectivity index (χ1v) is 7.69. The van der Waals surface area contributed by atoms with Crippen molar-refractivity contribution in [3.8, 4) is 6.07 Å². The average molecular weight is 350 g/mol. The number of hydrogen-bond acceptors (Lipinski definition) is 5. The summed E-state index contributed by atoms with van der Waals surface area (Å²) in [4.78, 5) is 20.6. The van der Waals surface area contributed by atoms with Gasteiger partial charge in [0.1, 0.15) is 5.69 Å². The average Bonchev–Trinajstić information content (AvgIpc) is 2.64. The van der Waals surface area contributed by atoms with Crippen molar-refractivity contribution in [2.45, 2.75) is 0 Å². The molecule has 0 fully saturated rings. The number of anilines is 3. The zero-order valence-corrected chi connectivity index (χ0v) is 13.7. The van der Waals surface area contributed by atoms with Gasteiger partial charge in [0.25, 0.3) is 5.91 Å². The van der Waals surface area contributed by atoms with E-state index in [-0.39, 0.29) is 11.6 Å². The summed E-state index contributed by atoms with van der Waals surface area (Å²) in [5, 5.41) is 15.0. The molecule has 0 radical (unpaired) electrons. The van der Waals surface area contributed by atoms with Crippen LogP contribution >= 0.6 is 11.6 Å². The predicted molar refractivity (Wildman–Crippen MR) is 95.9 cm³/mol. The molecule has 6 nitrogen and oxygen atoms in total. The van der Waals surface area contributed by atoms with E-state index >= 15 is 0 Å². The van der Waals surface area contributed by atoms with E-state index in [1.165, 1.54) is 12.3 Å². The highest BCUT2D eigenvalue weighted by Gasteiger charge is 2.11. The monoisotopic (exact) mass is 349 g/mol. The van der Waals surface area contributed by atoms with Crippen LogP contribution in [0.1, 0.15) is 16.1 Å². The highest BCUT2D eigenvalue weighted by atomic mass is 35.5. The SMILES string of the molecule is N#Cc1cccc(Nc2nccc(C(=O)Nc3ccccc3Cl)n2)c1. The molecule has 0 aliphatic rings. The summed E-state index contributed by atoms with van der Waals surface area (Å²) in [7, 11) is 0. The van der Waals surface area contributed by atoms with Gasteiger partial charge in [-0.1, -0.05) is 29.8 Å². The second-order valence-corrected chi connectivity index (χ2v) is 5.42. The molecule has 1 heterocycles. The van der Waals surface area contributed by atoms with Crippen molar-refractivity contribution in [3.63, 3.8) is 0 Å². The van der Waals surface area contributed by atoms with Crippen LogP contribution in [-0.4, -0.2) is 15.9 Å². The largest absolute Gasteiger partial charge is 0.324 e. The number of aromatic nitrogens is 2. The van der Waals surface area contributed by atoms with Gasteiger partial charge in [-0.2, -0.15) is 5.26 Å². The molecule has 0 spiro atoms. The minimum absolute atomic E-state index is 0.189. The predicted octanol–water partition coefficient (Wildman–Crippen LogP) is 4.00. The highest BCUT2D eigenvalue weighted by Crippen LogP contribution is 2.21. The van der Waals surface area contributed by atoms with E-state index in [1.54, 1.807) is 48.5 Å². The number of carbonyl (C=O) groups is 1. The van der Waals surface area contributed by atoms with E-state index < -0.39 is 5.91 Å². The van der Waals surface area contributed by atoms with E-state index in [9.17, 15) is 4.79 Å². The molecule has 0 unspecified atom stereocenters. The van der Waals surface area contributed by atoms with Crippen LogP contribution in [0.5, 0.6) is 0 Å². The Labute approximate surface area is 149 Å².